The predicted octanol–water partition coefficient (Wildman–Crippen LogP) is 2.01. The van der Waals surface area contributed by atoms with Crippen molar-refractivity contribution in [2.75, 3.05) is 13.7 Å². The number of nitrogens with zero attached hydrogens (tertiary/aromatic N) is 2. The Labute approximate surface area is 107 Å². The Morgan fingerprint density at radius 1 is 1.50 bits per heavy atom. The number of aromatic nitrogens is 2. The lowest BCUT2D eigenvalue weighted by Gasteiger charge is -2.21. The summed E-state index contributed by atoms with van der Waals surface area (Å²) in [4.78, 5) is 15.8. The summed E-state index contributed by atoms with van der Waals surface area (Å²) >= 11 is 0. The van der Waals surface area contributed by atoms with Crippen LogP contribution in [-0.4, -0.2) is 29.8 Å². The summed E-state index contributed by atoms with van der Waals surface area (Å²) in [5.74, 6) is -0.244. The van der Waals surface area contributed by atoms with Gasteiger partial charge in [0.1, 0.15) is 11.5 Å². The summed E-state index contributed by atoms with van der Waals surface area (Å²) in [5, 5.41) is 3.87. The van der Waals surface area contributed by atoms with Gasteiger partial charge in [0.2, 0.25) is 11.7 Å². The maximum atomic E-state index is 11.6. The summed E-state index contributed by atoms with van der Waals surface area (Å²) in [5.41, 5.74) is -0.601. The van der Waals surface area contributed by atoms with Crippen LogP contribution < -0.4 is 0 Å². The van der Waals surface area contributed by atoms with Gasteiger partial charge >= 0.3 is 5.97 Å². The number of carbonyl (C=O) groups is 1. The van der Waals surface area contributed by atoms with Crippen molar-refractivity contribution in [1.29, 1.82) is 0 Å². The summed E-state index contributed by atoms with van der Waals surface area (Å²) in [6.45, 7) is 7.59. The molecule has 1 rings (SSSR count). The van der Waals surface area contributed by atoms with Gasteiger partial charge in [-0.3, -0.25) is 4.79 Å². The van der Waals surface area contributed by atoms with Gasteiger partial charge in [-0.25, -0.2) is 0 Å². The Balaban J connectivity index is 2.89. The van der Waals surface area contributed by atoms with Crippen LogP contribution in [0.5, 0.6) is 0 Å². The second-order valence-corrected chi connectivity index (χ2v) is 4.22. The van der Waals surface area contributed by atoms with Gasteiger partial charge in [0.25, 0.3) is 0 Å². The molecule has 1 heterocycles. The molecule has 0 amide bonds. The summed E-state index contributed by atoms with van der Waals surface area (Å²) in [6, 6.07) is 0. The van der Waals surface area contributed by atoms with Crippen LogP contribution in [0.3, 0.4) is 0 Å². The Morgan fingerprint density at radius 2 is 2.17 bits per heavy atom. The second kappa shape index (κ2) is 5.95. The van der Waals surface area contributed by atoms with E-state index in [0.29, 0.717) is 18.9 Å². The first-order valence-corrected chi connectivity index (χ1v) is 6.04. The topological polar surface area (TPSA) is 74.5 Å². The minimum absolute atomic E-state index is 0.250. The molecule has 0 fully saturated rings. The van der Waals surface area contributed by atoms with Crippen LogP contribution in [-0.2, 0) is 19.9 Å². The molecule has 0 spiro atoms. The number of rotatable bonds is 6. The molecule has 0 saturated carbocycles. The van der Waals surface area contributed by atoms with Gasteiger partial charge in [-0.2, -0.15) is 4.98 Å². The molecule has 0 bridgehead atoms. The zero-order chi connectivity index (χ0) is 13.8. The molecule has 102 valence electrons. The molecular formula is C12H20N2O4. The fourth-order valence-electron chi connectivity index (χ4n) is 1.39. The van der Waals surface area contributed by atoms with Crippen molar-refractivity contribution in [3.8, 4) is 0 Å². The van der Waals surface area contributed by atoms with E-state index in [4.69, 9.17) is 14.0 Å². The molecule has 0 saturated heterocycles. The Morgan fingerprint density at radius 3 is 2.67 bits per heavy atom. The zero-order valence-electron chi connectivity index (χ0n) is 11.5. The number of methoxy groups -OCH3 is 1. The molecule has 1 aromatic heterocycles. The third-order valence-electron chi connectivity index (χ3n) is 3.05. The maximum absolute atomic E-state index is 11.6. The highest BCUT2D eigenvalue weighted by Gasteiger charge is 2.32. The van der Waals surface area contributed by atoms with Gasteiger partial charge < -0.3 is 14.0 Å². The van der Waals surface area contributed by atoms with Crippen molar-refractivity contribution in [2.24, 2.45) is 0 Å². The monoisotopic (exact) mass is 256 g/mol. The molecule has 0 radical (unpaired) electrons. The molecular weight excluding hydrogens is 236 g/mol. The van der Waals surface area contributed by atoms with Gasteiger partial charge in [0, 0.05) is 7.11 Å². The van der Waals surface area contributed by atoms with Gasteiger partial charge in [0.15, 0.2) is 0 Å². The molecule has 18 heavy (non-hydrogen) atoms. The lowest BCUT2D eigenvalue weighted by atomic mass is 10.0. The van der Waals surface area contributed by atoms with Crippen molar-refractivity contribution in [1.82, 2.24) is 10.1 Å². The van der Waals surface area contributed by atoms with E-state index in [-0.39, 0.29) is 11.9 Å². The van der Waals surface area contributed by atoms with Crippen LogP contribution in [0.4, 0.5) is 0 Å². The zero-order valence-corrected chi connectivity index (χ0v) is 11.5. The molecule has 0 aliphatic rings. The van der Waals surface area contributed by atoms with E-state index in [1.807, 2.05) is 13.8 Å². The molecule has 6 heteroatoms. The number of hydrogen-bond donors (Lipinski definition) is 0. The minimum Gasteiger partial charge on any atom is -0.465 e. The average Bonchev–Trinajstić information content (AvgIpc) is 2.87. The van der Waals surface area contributed by atoms with Crippen LogP contribution in [0, 0.1) is 0 Å². The number of esters is 1. The molecule has 1 aromatic rings. The molecule has 0 aliphatic carbocycles. The lowest BCUT2D eigenvalue weighted by molar-refractivity contribution is -0.145. The molecule has 0 N–H and O–H groups in total. The normalized spacial score (nSPS) is 16.1. The highest BCUT2D eigenvalue weighted by Crippen LogP contribution is 2.27. The van der Waals surface area contributed by atoms with Gasteiger partial charge in [0.05, 0.1) is 6.61 Å². The average molecular weight is 256 g/mol. The quantitative estimate of drug-likeness (QED) is 0.725. The van der Waals surface area contributed by atoms with Crippen molar-refractivity contribution >= 4 is 5.97 Å². The predicted molar refractivity (Wildman–Crippen MR) is 64.0 cm³/mol. The van der Waals surface area contributed by atoms with E-state index in [0.717, 1.165) is 0 Å². The smallest absolute Gasteiger partial charge is 0.318 e. The van der Waals surface area contributed by atoms with Crippen LogP contribution in [0.15, 0.2) is 4.52 Å². The highest BCUT2D eigenvalue weighted by atomic mass is 16.5. The minimum atomic E-state index is -0.601. The maximum Gasteiger partial charge on any atom is 0.318 e. The highest BCUT2D eigenvalue weighted by molar-refractivity contribution is 5.76. The van der Waals surface area contributed by atoms with Crippen molar-refractivity contribution in [3.05, 3.63) is 11.7 Å². The standard InChI is InChI=1S/C12H20N2O4/c1-6-12(4,16-5)11-13-9(18-14-11)8(3)10(15)17-7-2/h8H,6-7H2,1-5H3. The Kier molecular flexibility index (Phi) is 4.84. The first kappa shape index (κ1) is 14.6. The van der Waals surface area contributed by atoms with E-state index >= 15 is 0 Å². The Bertz CT molecular complexity index is 399. The summed E-state index contributed by atoms with van der Waals surface area (Å²) in [6.07, 6.45) is 0.705. The van der Waals surface area contributed by atoms with E-state index in [1.165, 1.54) is 0 Å². The fourth-order valence-corrected chi connectivity index (χ4v) is 1.39. The number of hydrogen-bond acceptors (Lipinski definition) is 6. The van der Waals surface area contributed by atoms with Gasteiger partial charge in [-0.05, 0) is 27.2 Å². The number of carbonyl (C=O) groups excluding carboxylic acids is 1. The van der Waals surface area contributed by atoms with Crippen LogP contribution in [0.1, 0.15) is 51.7 Å². The van der Waals surface area contributed by atoms with E-state index in [1.54, 1.807) is 21.0 Å². The van der Waals surface area contributed by atoms with Crippen molar-refractivity contribution in [3.63, 3.8) is 0 Å². The third-order valence-corrected chi connectivity index (χ3v) is 3.05. The lowest BCUT2D eigenvalue weighted by Crippen LogP contribution is -2.25. The van der Waals surface area contributed by atoms with Crippen LogP contribution in [0.2, 0.25) is 0 Å². The number of ether oxygens (including phenoxy) is 2. The van der Waals surface area contributed by atoms with Crippen molar-refractivity contribution in [2.45, 2.75) is 45.6 Å². The first-order chi connectivity index (χ1) is 8.48. The van der Waals surface area contributed by atoms with E-state index in [9.17, 15) is 4.79 Å². The van der Waals surface area contributed by atoms with Crippen molar-refractivity contribution < 1.29 is 18.8 Å². The summed E-state index contributed by atoms with van der Waals surface area (Å²) in [7, 11) is 1.59. The van der Waals surface area contributed by atoms with Crippen LogP contribution >= 0.6 is 0 Å². The second-order valence-electron chi connectivity index (χ2n) is 4.22. The van der Waals surface area contributed by atoms with E-state index < -0.39 is 11.5 Å². The Hall–Kier alpha value is -1.43. The largest absolute Gasteiger partial charge is 0.465 e. The third kappa shape index (κ3) is 2.87. The summed E-state index contributed by atoms with van der Waals surface area (Å²) < 4.78 is 15.4. The first-order valence-electron chi connectivity index (χ1n) is 6.04. The van der Waals surface area contributed by atoms with Gasteiger partial charge in [-0.1, -0.05) is 12.1 Å². The molecule has 6 nitrogen and oxygen atoms in total. The molecule has 0 aromatic carbocycles. The van der Waals surface area contributed by atoms with Crippen LogP contribution in [0.25, 0.3) is 0 Å². The fraction of sp³-hybridized carbons (Fsp3) is 0.750. The molecule has 2 unspecified atom stereocenters. The van der Waals surface area contributed by atoms with Gasteiger partial charge in [-0.15, -0.1) is 0 Å². The SMILES string of the molecule is CCOC(=O)C(C)c1nc(C(C)(CC)OC)no1. The molecule has 0 aliphatic heterocycles. The molecule has 2 atom stereocenters. The van der Waals surface area contributed by atoms with E-state index in [2.05, 4.69) is 10.1 Å².